The van der Waals surface area contributed by atoms with Gasteiger partial charge in [-0.05, 0) is 25.0 Å². The highest BCUT2D eigenvalue weighted by atomic mass is 16.5. The molecule has 0 aliphatic carbocycles. The molecule has 0 atom stereocenters. The van der Waals surface area contributed by atoms with Crippen molar-refractivity contribution >= 4 is 11.6 Å². The second-order valence-corrected chi connectivity index (χ2v) is 4.38. The summed E-state index contributed by atoms with van der Waals surface area (Å²) in [5.74, 6) is 0.0458. The minimum atomic E-state index is -1.04. The lowest BCUT2D eigenvalue weighted by atomic mass is 9.83. The SMILES string of the molecule is CCC(C#N)(CC)C(=O)Nc1ccc(C#N)cc1OC. The minimum absolute atomic E-state index is 0.354. The summed E-state index contributed by atoms with van der Waals surface area (Å²) in [7, 11) is 1.46. The summed E-state index contributed by atoms with van der Waals surface area (Å²) in [5, 5.41) is 20.8. The fourth-order valence-electron chi connectivity index (χ4n) is 1.89. The van der Waals surface area contributed by atoms with E-state index in [0.29, 0.717) is 29.8 Å². The van der Waals surface area contributed by atoms with Gasteiger partial charge in [0, 0.05) is 6.07 Å². The standard InChI is InChI=1S/C15H17N3O2/c1-4-15(5-2,10-17)14(19)18-12-7-6-11(9-16)8-13(12)20-3/h6-8H,4-5H2,1-3H3,(H,18,19). The van der Waals surface area contributed by atoms with Gasteiger partial charge in [0.2, 0.25) is 5.91 Å². The molecule has 0 radical (unpaired) electrons. The predicted molar refractivity (Wildman–Crippen MR) is 75.0 cm³/mol. The van der Waals surface area contributed by atoms with Crippen LogP contribution in [0, 0.1) is 28.1 Å². The van der Waals surface area contributed by atoms with Gasteiger partial charge >= 0.3 is 0 Å². The van der Waals surface area contributed by atoms with E-state index < -0.39 is 5.41 Å². The van der Waals surface area contributed by atoms with E-state index >= 15 is 0 Å². The lowest BCUT2D eigenvalue weighted by molar-refractivity contribution is -0.123. The highest BCUT2D eigenvalue weighted by Crippen LogP contribution is 2.31. The Hall–Kier alpha value is -2.53. The topological polar surface area (TPSA) is 85.9 Å². The second-order valence-electron chi connectivity index (χ2n) is 4.38. The molecule has 0 unspecified atom stereocenters. The molecule has 0 bridgehead atoms. The van der Waals surface area contributed by atoms with Crippen molar-refractivity contribution in [2.75, 3.05) is 12.4 Å². The fourth-order valence-corrected chi connectivity index (χ4v) is 1.89. The molecule has 1 amide bonds. The number of amides is 1. The maximum absolute atomic E-state index is 12.3. The predicted octanol–water partition coefficient (Wildman–Crippen LogP) is 2.84. The Labute approximate surface area is 118 Å². The van der Waals surface area contributed by atoms with Crippen molar-refractivity contribution in [2.45, 2.75) is 26.7 Å². The minimum Gasteiger partial charge on any atom is -0.495 e. The van der Waals surface area contributed by atoms with Gasteiger partial charge in [0.05, 0.1) is 30.5 Å². The van der Waals surface area contributed by atoms with Crippen LogP contribution in [0.1, 0.15) is 32.3 Å². The number of nitrogens with one attached hydrogen (secondary N) is 1. The average molecular weight is 271 g/mol. The molecular weight excluding hydrogens is 254 g/mol. The van der Waals surface area contributed by atoms with E-state index in [2.05, 4.69) is 11.4 Å². The third kappa shape index (κ3) is 2.89. The van der Waals surface area contributed by atoms with Gasteiger partial charge < -0.3 is 10.1 Å². The van der Waals surface area contributed by atoms with Crippen LogP contribution < -0.4 is 10.1 Å². The van der Waals surface area contributed by atoms with E-state index in [1.165, 1.54) is 7.11 Å². The third-order valence-corrected chi connectivity index (χ3v) is 3.43. The van der Waals surface area contributed by atoms with Crippen LogP contribution in [0.15, 0.2) is 18.2 Å². The Bertz CT molecular complexity index is 578. The van der Waals surface area contributed by atoms with Crippen LogP contribution in [-0.4, -0.2) is 13.0 Å². The smallest absolute Gasteiger partial charge is 0.244 e. The Morgan fingerprint density at radius 2 is 2.00 bits per heavy atom. The van der Waals surface area contributed by atoms with Gasteiger partial charge in [0.1, 0.15) is 11.2 Å². The van der Waals surface area contributed by atoms with Crippen LogP contribution in [0.3, 0.4) is 0 Å². The van der Waals surface area contributed by atoms with Crippen LogP contribution in [0.5, 0.6) is 5.75 Å². The first-order valence-electron chi connectivity index (χ1n) is 6.37. The Kier molecular flexibility index (Phi) is 5.11. The number of carbonyl (C=O) groups excluding carboxylic acids is 1. The zero-order chi connectivity index (χ0) is 15.2. The lowest BCUT2D eigenvalue weighted by Crippen LogP contribution is -2.34. The molecule has 0 aliphatic rings. The Morgan fingerprint density at radius 3 is 2.45 bits per heavy atom. The van der Waals surface area contributed by atoms with Gasteiger partial charge in [-0.25, -0.2) is 0 Å². The van der Waals surface area contributed by atoms with Gasteiger partial charge in [0.25, 0.3) is 0 Å². The van der Waals surface area contributed by atoms with Crippen molar-refractivity contribution < 1.29 is 9.53 Å². The van der Waals surface area contributed by atoms with E-state index in [4.69, 9.17) is 10.00 Å². The molecule has 0 saturated carbocycles. The molecule has 5 nitrogen and oxygen atoms in total. The number of rotatable bonds is 5. The first kappa shape index (κ1) is 15.5. The first-order valence-corrected chi connectivity index (χ1v) is 6.37. The van der Waals surface area contributed by atoms with Gasteiger partial charge in [0.15, 0.2) is 0 Å². The molecule has 0 fully saturated rings. The number of ether oxygens (including phenoxy) is 1. The first-order chi connectivity index (χ1) is 9.56. The molecule has 5 heteroatoms. The summed E-state index contributed by atoms with van der Waals surface area (Å²) in [5.41, 5.74) is -0.144. The molecule has 1 N–H and O–H groups in total. The highest BCUT2D eigenvalue weighted by Gasteiger charge is 2.35. The van der Waals surface area contributed by atoms with Gasteiger partial charge in [-0.15, -0.1) is 0 Å². The van der Waals surface area contributed by atoms with Crippen molar-refractivity contribution in [1.29, 1.82) is 10.5 Å². The molecule has 0 heterocycles. The summed E-state index contributed by atoms with van der Waals surface area (Å²) < 4.78 is 5.15. The van der Waals surface area contributed by atoms with Gasteiger partial charge in [-0.1, -0.05) is 13.8 Å². The van der Waals surface area contributed by atoms with E-state index in [1.54, 1.807) is 18.2 Å². The fraction of sp³-hybridized carbons (Fsp3) is 0.400. The number of nitriles is 2. The van der Waals surface area contributed by atoms with Gasteiger partial charge in [-0.2, -0.15) is 10.5 Å². The summed E-state index contributed by atoms with van der Waals surface area (Å²) >= 11 is 0. The Balaban J connectivity index is 3.08. The zero-order valence-electron chi connectivity index (χ0n) is 11.9. The monoisotopic (exact) mass is 271 g/mol. The normalized spacial score (nSPS) is 10.2. The molecule has 104 valence electrons. The van der Waals surface area contributed by atoms with Crippen molar-refractivity contribution in [1.82, 2.24) is 0 Å². The number of nitrogens with zero attached hydrogens (tertiary/aromatic N) is 2. The van der Waals surface area contributed by atoms with Crippen molar-refractivity contribution in [3.8, 4) is 17.9 Å². The van der Waals surface area contributed by atoms with Crippen molar-refractivity contribution in [2.24, 2.45) is 5.41 Å². The quantitative estimate of drug-likeness (QED) is 0.892. The average Bonchev–Trinajstić information content (AvgIpc) is 2.50. The number of methoxy groups -OCH3 is 1. The molecule has 1 aromatic carbocycles. The number of carbonyl (C=O) groups is 1. The molecule has 0 spiro atoms. The van der Waals surface area contributed by atoms with E-state index in [9.17, 15) is 10.1 Å². The maximum atomic E-state index is 12.3. The van der Waals surface area contributed by atoms with Crippen LogP contribution in [0.25, 0.3) is 0 Å². The summed E-state index contributed by atoms with van der Waals surface area (Å²) in [6.07, 6.45) is 0.870. The molecule has 0 aliphatic heterocycles. The van der Waals surface area contributed by atoms with E-state index in [1.807, 2.05) is 19.9 Å². The zero-order valence-corrected chi connectivity index (χ0v) is 11.9. The molecular formula is C15H17N3O2. The second kappa shape index (κ2) is 6.58. The van der Waals surface area contributed by atoms with E-state index in [-0.39, 0.29) is 5.91 Å². The Morgan fingerprint density at radius 1 is 1.35 bits per heavy atom. The third-order valence-electron chi connectivity index (χ3n) is 3.43. The molecule has 20 heavy (non-hydrogen) atoms. The van der Waals surface area contributed by atoms with Crippen LogP contribution in [0.2, 0.25) is 0 Å². The van der Waals surface area contributed by atoms with E-state index in [0.717, 1.165) is 0 Å². The van der Waals surface area contributed by atoms with Crippen LogP contribution in [0.4, 0.5) is 5.69 Å². The van der Waals surface area contributed by atoms with Crippen LogP contribution >= 0.6 is 0 Å². The number of hydrogen-bond acceptors (Lipinski definition) is 4. The molecule has 0 saturated heterocycles. The molecule has 1 rings (SSSR count). The summed E-state index contributed by atoms with van der Waals surface area (Å²) in [4.78, 5) is 12.3. The summed E-state index contributed by atoms with van der Waals surface area (Å²) in [6.45, 7) is 3.62. The molecule has 1 aromatic rings. The van der Waals surface area contributed by atoms with Gasteiger partial charge in [-0.3, -0.25) is 4.79 Å². The number of hydrogen-bond donors (Lipinski definition) is 1. The highest BCUT2D eigenvalue weighted by molar-refractivity contribution is 5.98. The maximum Gasteiger partial charge on any atom is 0.244 e. The van der Waals surface area contributed by atoms with Crippen LogP contribution in [-0.2, 0) is 4.79 Å². The molecule has 0 aromatic heterocycles. The number of anilines is 1. The van der Waals surface area contributed by atoms with Crippen molar-refractivity contribution in [3.05, 3.63) is 23.8 Å². The number of benzene rings is 1. The largest absolute Gasteiger partial charge is 0.495 e. The summed E-state index contributed by atoms with van der Waals surface area (Å²) in [6, 6.07) is 8.82. The van der Waals surface area contributed by atoms with Crippen molar-refractivity contribution in [3.63, 3.8) is 0 Å². The lowest BCUT2D eigenvalue weighted by Gasteiger charge is -2.22.